The Bertz CT molecular complexity index is 336. The minimum Gasteiger partial charge on any atom is -0.342 e. The van der Waals surface area contributed by atoms with Crippen LogP contribution in [0, 0.1) is 11.8 Å². The second-order valence-corrected chi connectivity index (χ2v) is 6.92. The number of nitrogens with zero attached hydrogens (tertiary/aromatic N) is 2. The van der Waals surface area contributed by atoms with Gasteiger partial charge in [0, 0.05) is 31.7 Å². The highest BCUT2D eigenvalue weighted by Crippen LogP contribution is 2.35. The van der Waals surface area contributed by atoms with Crippen LogP contribution >= 0.6 is 0 Å². The Kier molecular flexibility index (Phi) is 3.81. The maximum Gasteiger partial charge on any atom is 0.227 e. The molecule has 3 rings (SSSR count). The lowest BCUT2D eigenvalue weighted by atomic mass is 9.87. The standard InChI is InChI=1S/C15H27N3O/c1-17(2)10-11-5-7-18(8-6-11)15(19)13-9-12-3-4-14(13)16-12/h11-14,16H,3-10H2,1-2H3. The largest absolute Gasteiger partial charge is 0.342 e. The summed E-state index contributed by atoms with van der Waals surface area (Å²) in [7, 11) is 4.27. The maximum atomic E-state index is 12.6. The van der Waals surface area contributed by atoms with Crippen LogP contribution in [0.5, 0.6) is 0 Å². The lowest BCUT2D eigenvalue weighted by Gasteiger charge is -2.35. The molecule has 108 valence electrons. The molecule has 0 aromatic rings. The van der Waals surface area contributed by atoms with Gasteiger partial charge in [-0.15, -0.1) is 0 Å². The third-order valence-corrected chi connectivity index (χ3v) is 5.17. The van der Waals surface area contributed by atoms with Crippen molar-refractivity contribution >= 4 is 5.91 Å². The Hall–Kier alpha value is -0.610. The fraction of sp³-hybridized carbons (Fsp3) is 0.933. The summed E-state index contributed by atoms with van der Waals surface area (Å²) < 4.78 is 0. The molecule has 3 unspecified atom stereocenters. The minimum absolute atomic E-state index is 0.282. The minimum atomic E-state index is 0.282. The number of likely N-dealkylation sites (tertiary alicyclic amines) is 1. The summed E-state index contributed by atoms with van der Waals surface area (Å²) in [6, 6.07) is 1.11. The Morgan fingerprint density at radius 3 is 2.47 bits per heavy atom. The lowest BCUT2D eigenvalue weighted by Crippen LogP contribution is -2.45. The fourth-order valence-corrected chi connectivity index (χ4v) is 4.18. The molecular weight excluding hydrogens is 238 g/mol. The van der Waals surface area contributed by atoms with Gasteiger partial charge < -0.3 is 15.1 Å². The van der Waals surface area contributed by atoms with E-state index in [1.54, 1.807) is 0 Å². The first-order valence-electron chi connectivity index (χ1n) is 7.83. The van der Waals surface area contributed by atoms with Crippen molar-refractivity contribution in [3.8, 4) is 0 Å². The Morgan fingerprint density at radius 2 is 1.95 bits per heavy atom. The van der Waals surface area contributed by atoms with Gasteiger partial charge in [-0.05, 0) is 52.1 Å². The number of carbonyl (C=O) groups excluding carboxylic acids is 1. The predicted molar refractivity (Wildman–Crippen MR) is 75.9 cm³/mol. The molecular formula is C15H27N3O. The maximum absolute atomic E-state index is 12.6. The average Bonchev–Trinajstić information content (AvgIpc) is 3.00. The number of hydrogen-bond acceptors (Lipinski definition) is 3. The van der Waals surface area contributed by atoms with Gasteiger partial charge in [-0.1, -0.05) is 0 Å². The quantitative estimate of drug-likeness (QED) is 0.824. The molecule has 0 aromatic heterocycles. The number of hydrogen-bond donors (Lipinski definition) is 1. The SMILES string of the molecule is CN(C)CC1CCN(C(=O)C2CC3CCC2N3)CC1. The molecule has 0 radical (unpaired) electrons. The van der Waals surface area contributed by atoms with Crippen LogP contribution in [-0.4, -0.2) is 61.5 Å². The summed E-state index contributed by atoms with van der Waals surface area (Å²) >= 11 is 0. The first kappa shape index (κ1) is 13.4. The topological polar surface area (TPSA) is 35.6 Å². The van der Waals surface area contributed by atoms with Crippen molar-refractivity contribution in [2.45, 2.75) is 44.2 Å². The molecule has 3 aliphatic rings. The Balaban J connectivity index is 1.50. The molecule has 2 bridgehead atoms. The van der Waals surface area contributed by atoms with Gasteiger partial charge in [0.05, 0.1) is 5.92 Å². The van der Waals surface area contributed by atoms with Gasteiger partial charge in [0.15, 0.2) is 0 Å². The van der Waals surface area contributed by atoms with Crippen LogP contribution in [-0.2, 0) is 4.79 Å². The zero-order chi connectivity index (χ0) is 13.4. The van der Waals surface area contributed by atoms with Crippen molar-refractivity contribution in [2.75, 3.05) is 33.7 Å². The van der Waals surface area contributed by atoms with Gasteiger partial charge in [0.25, 0.3) is 0 Å². The molecule has 3 aliphatic heterocycles. The van der Waals surface area contributed by atoms with Gasteiger partial charge in [0.1, 0.15) is 0 Å². The molecule has 3 fully saturated rings. The molecule has 3 heterocycles. The van der Waals surface area contributed by atoms with Crippen molar-refractivity contribution in [1.29, 1.82) is 0 Å². The zero-order valence-corrected chi connectivity index (χ0v) is 12.3. The van der Waals surface area contributed by atoms with E-state index in [2.05, 4.69) is 29.2 Å². The van der Waals surface area contributed by atoms with E-state index in [0.29, 0.717) is 18.0 Å². The third-order valence-electron chi connectivity index (χ3n) is 5.17. The average molecular weight is 265 g/mol. The normalized spacial score (nSPS) is 35.3. The number of piperidine rings is 1. The molecule has 3 atom stereocenters. The smallest absolute Gasteiger partial charge is 0.227 e. The van der Waals surface area contributed by atoms with E-state index in [1.165, 1.54) is 25.7 Å². The first-order valence-corrected chi connectivity index (χ1v) is 7.83. The van der Waals surface area contributed by atoms with Crippen LogP contribution in [0.1, 0.15) is 32.1 Å². The molecule has 0 aromatic carbocycles. The Labute approximate surface area is 116 Å². The van der Waals surface area contributed by atoms with Gasteiger partial charge in [-0.3, -0.25) is 4.79 Å². The molecule has 19 heavy (non-hydrogen) atoms. The van der Waals surface area contributed by atoms with E-state index in [0.717, 1.165) is 32.0 Å². The van der Waals surface area contributed by atoms with Crippen LogP contribution in [0.4, 0.5) is 0 Å². The van der Waals surface area contributed by atoms with E-state index in [9.17, 15) is 4.79 Å². The number of carbonyl (C=O) groups is 1. The predicted octanol–water partition coefficient (Wildman–Crippen LogP) is 0.927. The molecule has 4 nitrogen and oxygen atoms in total. The summed E-state index contributed by atoms with van der Waals surface area (Å²) in [6.45, 7) is 3.12. The summed E-state index contributed by atoms with van der Waals surface area (Å²) in [5.74, 6) is 1.49. The Morgan fingerprint density at radius 1 is 1.21 bits per heavy atom. The van der Waals surface area contributed by atoms with Crippen LogP contribution in [0.25, 0.3) is 0 Å². The zero-order valence-electron chi connectivity index (χ0n) is 12.3. The second-order valence-electron chi connectivity index (χ2n) is 6.92. The molecule has 1 N–H and O–H groups in total. The second kappa shape index (κ2) is 5.41. The summed E-state index contributed by atoms with van der Waals surface area (Å²) in [5, 5.41) is 3.58. The number of rotatable bonds is 3. The monoisotopic (exact) mass is 265 g/mol. The van der Waals surface area contributed by atoms with Gasteiger partial charge in [-0.2, -0.15) is 0 Å². The van der Waals surface area contributed by atoms with Crippen molar-refractivity contribution in [3.63, 3.8) is 0 Å². The van der Waals surface area contributed by atoms with E-state index in [1.807, 2.05) is 0 Å². The highest BCUT2D eigenvalue weighted by atomic mass is 16.2. The van der Waals surface area contributed by atoms with E-state index < -0.39 is 0 Å². The van der Waals surface area contributed by atoms with Gasteiger partial charge >= 0.3 is 0 Å². The first-order chi connectivity index (χ1) is 9.13. The van der Waals surface area contributed by atoms with E-state index in [-0.39, 0.29) is 5.92 Å². The van der Waals surface area contributed by atoms with Crippen molar-refractivity contribution in [2.24, 2.45) is 11.8 Å². The summed E-state index contributed by atoms with van der Waals surface area (Å²) in [4.78, 5) is 17.0. The van der Waals surface area contributed by atoms with E-state index in [4.69, 9.17) is 0 Å². The van der Waals surface area contributed by atoms with Crippen molar-refractivity contribution in [1.82, 2.24) is 15.1 Å². The highest BCUT2D eigenvalue weighted by Gasteiger charge is 2.44. The molecule has 3 saturated heterocycles. The van der Waals surface area contributed by atoms with Crippen molar-refractivity contribution < 1.29 is 4.79 Å². The van der Waals surface area contributed by atoms with Crippen LogP contribution in [0.2, 0.25) is 0 Å². The van der Waals surface area contributed by atoms with Crippen LogP contribution in [0.3, 0.4) is 0 Å². The van der Waals surface area contributed by atoms with Crippen molar-refractivity contribution in [3.05, 3.63) is 0 Å². The van der Waals surface area contributed by atoms with Crippen LogP contribution in [0.15, 0.2) is 0 Å². The molecule has 0 aliphatic carbocycles. The number of nitrogens with one attached hydrogen (secondary N) is 1. The van der Waals surface area contributed by atoms with Gasteiger partial charge in [-0.25, -0.2) is 0 Å². The molecule has 1 amide bonds. The lowest BCUT2D eigenvalue weighted by molar-refractivity contribution is -0.137. The molecule has 4 heteroatoms. The fourth-order valence-electron chi connectivity index (χ4n) is 4.18. The number of amides is 1. The highest BCUT2D eigenvalue weighted by molar-refractivity contribution is 5.80. The third kappa shape index (κ3) is 2.79. The molecule has 0 saturated carbocycles. The summed E-state index contributed by atoms with van der Waals surface area (Å²) in [5.41, 5.74) is 0. The number of fused-ring (bicyclic) bond motifs is 2. The van der Waals surface area contributed by atoms with Gasteiger partial charge in [0.2, 0.25) is 5.91 Å². The van der Waals surface area contributed by atoms with Crippen LogP contribution < -0.4 is 5.32 Å². The summed E-state index contributed by atoms with van der Waals surface area (Å²) in [6.07, 6.45) is 5.93. The van der Waals surface area contributed by atoms with E-state index >= 15 is 0 Å². The molecule has 0 spiro atoms.